The van der Waals surface area contributed by atoms with Gasteiger partial charge in [-0.3, -0.25) is 9.59 Å². The van der Waals surface area contributed by atoms with Gasteiger partial charge in [0.1, 0.15) is 0 Å². The van der Waals surface area contributed by atoms with E-state index in [9.17, 15) is 14.4 Å². The molecule has 0 aliphatic heterocycles. The maximum atomic E-state index is 11.0. The number of carboxylic acids is 1. The van der Waals surface area contributed by atoms with Crippen LogP contribution in [0.2, 0.25) is 0 Å². The van der Waals surface area contributed by atoms with Crippen molar-refractivity contribution in [1.29, 1.82) is 0 Å². The Morgan fingerprint density at radius 1 is 1.43 bits per heavy atom. The van der Waals surface area contributed by atoms with Gasteiger partial charge in [0.2, 0.25) is 0 Å². The number of allylic oxidation sites excluding steroid dienone is 1. The van der Waals surface area contributed by atoms with E-state index in [1.54, 1.807) is 13.8 Å². The van der Waals surface area contributed by atoms with Crippen molar-refractivity contribution in [2.75, 3.05) is 0 Å². The molecule has 0 saturated heterocycles. The Bertz CT molecular complexity index is 264. The summed E-state index contributed by atoms with van der Waals surface area (Å²) in [5, 5.41) is 8.48. The van der Waals surface area contributed by atoms with Crippen LogP contribution in [-0.2, 0) is 19.1 Å². The van der Waals surface area contributed by atoms with Crippen LogP contribution < -0.4 is 0 Å². The minimum Gasteiger partial charge on any atom is -0.481 e. The smallest absolute Gasteiger partial charge is 0.341 e. The third-order valence-electron chi connectivity index (χ3n) is 1.29. The molecule has 0 atom stereocenters. The van der Waals surface area contributed by atoms with Crippen LogP contribution in [0.1, 0.15) is 20.3 Å². The number of rotatable bonds is 5. The zero-order valence-electron chi connectivity index (χ0n) is 8.02. The summed E-state index contributed by atoms with van der Waals surface area (Å²) in [6.07, 6.45) is 1.02. The fraction of sp³-hybridized carbons (Fsp3) is 0.444. The van der Waals surface area contributed by atoms with E-state index in [0.717, 1.165) is 0 Å². The molecule has 0 aliphatic carbocycles. The Morgan fingerprint density at radius 2 is 2.00 bits per heavy atom. The van der Waals surface area contributed by atoms with Crippen LogP contribution in [0.5, 0.6) is 0 Å². The van der Waals surface area contributed by atoms with Crippen LogP contribution in [0.3, 0.4) is 0 Å². The average Bonchev–Trinajstić information content (AvgIpc) is 2.01. The molecule has 0 aromatic carbocycles. The van der Waals surface area contributed by atoms with Crippen LogP contribution in [-0.4, -0.2) is 23.5 Å². The van der Waals surface area contributed by atoms with Crippen molar-refractivity contribution in [2.45, 2.75) is 20.3 Å². The summed E-state index contributed by atoms with van der Waals surface area (Å²) in [4.78, 5) is 31.3. The quantitative estimate of drug-likeness (QED) is 0.306. The highest BCUT2D eigenvalue weighted by molar-refractivity contribution is 5.96. The monoisotopic (exact) mass is 200 g/mol. The average molecular weight is 200 g/mol. The predicted octanol–water partition coefficient (Wildman–Crippen LogP) is 0.743. The minimum atomic E-state index is -1.14. The lowest BCUT2D eigenvalue weighted by Gasteiger charge is -2.03. The Hall–Kier alpha value is -1.65. The normalized spacial score (nSPS) is 11.2. The minimum absolute atomic E-state index is 0.0143. The Morgan fingerprint density at radius 3 is 2.36 bits per heavy atom. The summed E-state index contributed by atoms with van der Waals surface area (Å²) >= 11 is 0. The number of ether oxygens (including phenoxy) is 1. The number of hydrogen-bond donors (Lipinski definition) is 1. The molecule has 0 fully saturated rings. The molecule has 14 heavy (non-hydrogen) atoms. The largest absolute Gasteiger partial charge is 0.481 e. The van der Waals surface area contributed by atoms with Crippen LogP contribution in [0.25, 0.3) is 0 Å². The third-order valence-corrected chi connectivity index (χ3v) is 1.29. The van der Waals surface area contributed by atoms with Crippen LogP contribution in [0.15, 0.2) is 11.6 Å². The number of esters is 1. The van der Waals surface area contributed by atoms with E-state index in [-0.39, 0.29) is 18.0 Å². The molecule has 0 amide bonds. The molecule has 5 heteroatoms. The summed E-state index contributed by atoms with van der Waals surface area (Å²) < 4.78 is 4.05. The second-order valence-corrected chi connectivity index (χ2v) is 3.01. The first-order chi connectivity index (χ1) is 6.47. The Kier molecular flexibility index (Phi) is 5.21. The molecule has 0 bridgehead atoms. The second-order valence-electron chi connectivity index (χ2n) is 3.01. The molecule has 0 saturated carbocycles. The molecule has 0 heterocycles. The molecule has 0 aliphatic rings. The van der Waals surface area contributed by atoms with Crippen molar-refractivity contribution in [3.8, 4) is 0 Å². The number of carboxylic acid groups (broad SMARTS) is 1. The molecular weight excluding hydrogens is 188 g/mol. The van der Waals surface area contributed by atoms with Crippen molar-refractivity contribution < 1.29 is 24.2 Å². The summed E-state index contributed by atoms with van der Waals surface area (Å²) in [6, 6.07) is 0. The van der Waals surface area contributed by atoms with Gasteiger partial charge in [-0.05, 0) is 5.92 Å². The number of carbonyl (C=O) groups is 3. The third kappa shape index (κ3) is 5.08. The molecule has 0 rings (SSSR count). The SMILES string of the molecule is CC(C)/C=C(\CC(=O)O)C(=O)OC=O. The molecule has 5 nitrogen and oxygen atoms in total. The Balaban J connectivity index is 4.62. The highest BCUT2D eigenvalue weighted by Crippen LogP contribution is 2.08. The second kappa shape index (κ2) is 5.90. The van der Waals surface area contributed by atoms with E-state index in [4.69, 9.17) is 5.11 Å². The lowest BCUT2D eigenvalue weighted by atomic mass is 10.1. The number of aliphatic carboxylic acids is 1. The Labute approximate surface area is 81.4 Å². The molecule has 0 unspecified atom stereocenters. The van der Waals surface area contributed by atoms with Gasteiger partial charge in [-0.15, -0.1) is 0 Å². The fourth-order valence-electron chi connectivity index (χ4n) is 0.884. The molecule has 1 N–H and O–H groups in total. The highest BCUT2D eigenvalue weighted by Gasteiger charge is 2.14. The van der Waals surface area contributed by atoms with Crippen LogP contribution >= 0.6 is 0 Å². The van der Waals surface area contributed by atoms with E-state index in [1.807, 2.05) is 0 Å². The van der Waals surface area contributed by atoms with E-state index in [0.29, 0.717) is 0 Å². The van der Waals surface area contributed by atoms with Crippen LogP contribution in [0, 0.1) is 5.92 Å². The number of carbonyl (C=O) groups excluding carboxylic acids is 2. The zero-order chi connectivity index (χ0) is 11.1. The van der Waals surface area contributed by atoms with Gasteiger partial charge in [-0.1, -0.05) is 19.9 Å². The summed E-state index contributed by atoms with van der Waals surface area (Å²) in [5.74, 6) is -2.03. The van der Waals surface area contributed by atoms with Gasteiger partial charge in [-0.25, -0.2) is 4.79 Å². The van der Waals surface area contributed by atoms with Gasteiger partial charge in [0.25, 0.3) is 0 Å². The molecule has 0 aromatic heterocycles. The van der Waals surface area contributed by atoms with Gasteiger partial charge in [0, 0.05) is 5.57 Å². The fourth-order valence-corrected chi connectivity index (χ4v) is 0.884. The molecule has 0 radical (unpaired) electrons. The molecule has 78 valence electrons. The van der Waals surface area contributed by atoms with E-state index in [2.05, 4.69) is 4.74 Å². The zero-order valence-corrected chi connectivity index (χ0v) is 8.02. The first kappa shape index (κ1) is 12.3. The van der Waals surface area contributed by atoms with Crippen molar-refractivity contribution >= 4 is 18.4 Å². The van der Waals surface area contributed by atoms with Gasteiger partial charge >= 0.3 is 18.4 Å². The summed E-state index contributed by atoms with van der Waals surface area (Å²) in [6.45, 7) is 3.56. The topological polar surface area (TPSA) is 80.7 Å². The molecule has 0 spiro atoms. The summed E-state index contributed by atoms with van der Waals surface area (Å²) in [7, 11) is 0. The van der Waals surface area contributed by atoms with Gasteiger partial charge in [0.05, 0.1) is 6.42 Å². The predicted molar refractivity (Wildman–Crippen MR) is 47.3 cm³/mol. The van der Waals surface area contributed by atoms with Gasteiger partial charge in [0.15, 0.2) is 0 Å². The van der Waals surface area contributed by atoms with E-state index < -0.39 is 18.4 Å². The summed E-state index contributed by atoms with van der Waals surface area (Å²) in [5.41, 5.74) is -0.0143. The molecule has 0 aromatic rings. The maximum absolute atomic E-state index is 11.0. The first-order valence-electron chi connectivity index (χ1n) is 4.04. The van der Waals surface area contributed by atoms with Crippen LogP contribution in [0.4, 0.5) is 0 Å². The van der Waals surface area contributed by atoms with E-state index >= 15 is 0 Å². The first-order valence-corrected chi connectivity index (χ1v) is 4.04. The van der Waals surface area contributed by atoms with Crippen molar-refractivity contribution in [2.24, 2.45) is 5.92 Å². The highest BCUT2D eigenvalue weighted by atomic mass is 16.6. The standard InChI is InChI=1S/C9H12O5/c1-6(2)3-7(4-8(11)12)9(13)14-5-10/h3,5-6H,4H2,1-2H3,(H,11,12)/b7-3+. The lowest BCUT2D eigenvalue weighted by molar-refractivity contribution is -0.149. The van der Waals surface area contributed by atoms with Crippen molar-refractivity contribution in [3.05, 3.63) is 11.6 Å². The maximum Gasteiger partial charge on any atom is 0.341 e. The lowest BCUT2D eigenvalue weighted by Crippen LogP contribution is -2.11. The van der Waals surface area contributed by atoms with Gasteiger partial charge < -0.3 is 9.84 Å². The van der Waals surface area contributed by atoms with Crippen molar-refractivity contribution in [3.63, 3.8) is 0 Å². The van der Waals surface area contributed by atoms with E-state index in [1.165, 1.54) is 6.08 Å². The number of hydrogen-bond acceptors (Lipinski definition) is 4. The molecular formula is C9H12O5. The van der Waals surface area contributed by atoms with Crippen molar-refractivity contribution in [1.82, 2.24) is 0 Å². The van der Waals surface area contributed by atoms with Gasteiger partial charge in [-0.2, -0.15) is 0 Å².